The van der Waals surface area contributed by atoms with Crippen molar-refractivity contribution >= 4 is 15.9 Å². The van der Waals surface area contributed by atoms with E-state index >= 15 is 0 Å². The van der Waals surface area contributed by atoms with Gasteiger partial charge in [0.2, 0.25) is 0 Å². The zero-order valence-corrected chi connectivity index (χ0v) is 11.4. The van der Waals surface area contributed by atoms with Gasteiger partial charge in [-0.05, 0) is 18.2 Å². The summed E-state index contributed by atoms with van der Waals surface area (Å²) in [5.41, 5.74) is 7.26. The maximum absolute atomic E-state index is 6.27. The first-order valence-corrected chi connectivity index (χ1v) is 6.42. The summed E-state index contributed by atoms with van der Waals surface area (Å²) in [6, 6.07) is 5.86. The lowest BCUT2D eigenvalue weighted by atomic mass is 9.99. The molecule has 0 spiro atoms. The SMILES string of the molecule is COc1ccc(Br)cc1C(N)C1COCCN1. The fraction of sp³-hybridized carbons (Fsp3) is 0.500. The Morgan fingerprint density at radius 1 is 1.59 bits per heavy atom. The smallest absolute Gasteiger partial charge is 0.123 e. The molecule has 0 bridgehead atoms. The molecule has 2 rings (SSSR count). The average molecular weight is 301 g/mol. The summed E-state index contributed by atoms with van der Waals surface area (Å²) < 4.78 is 11.8. The van der Waals surface area contributed by atoms with Crippen molar-refractivity contribution in [3.63, 3.8) is 0 Å². The van der Waals surface area contributed by atoms with Gasteiger partial charge in [0.15, 0.2) is 0 Å². The highest BCUT2D eigenvalue weighted by Crippen LogP contribution is 2.29. The Balaban J connectivity index is 2.21. The summed E-state index contributed by atoms with van der Waals surface area (Å²) in [6.07, 6.45) is 0. The molecule has 1 fully saturated rings. The van der Waals surface area contributed by atoms with Crippen LogP contribution in [0.1, 0.15) is 11.6 Å². The number of morpholine rings is 1. The standard InChI is InChI=1S/C12H17BrN2O2/c1-16-11-3-2-8(13)6-9(11)12(14)10-7-17-5-4-15-10/h2-3,6,10,12,15H,4-5,7,14H2,1H3. The van der Waals surface area contributed by atoms with Gasteiger partial charge in [-0.3, -0.25) is 0 Å². The Hall–Kier alpha value is -0.620. The van der Waals surface area contributed by atoms with E-state index < -0.39 is 0 Å². The number of hydrogen-bond acceptors (Lipinski definition) is 4. The van der Waals surface area contributed by atoms with Crippen molar-refractivity contribution in [3.05, 3.63) is 28.2 Å². The molecular weight excluding hydrogens is 284 g/mol. The maximum Gasteiger partial charge on any atom is 0.123 e. The van der Waals surface area contributed by atoms with Crippen molar-refractivity contribution < 1.29 is 9.47 Å². The Labute approximate surface area is 110 Å². The molecule has 5 heteroatoms. The van der Waals surface area contributed by atoms with Gasteiger partial charge in [0.25, 0.3) is 0 Å². The molecule has 1 aliphatic rings. The molecule has 0 saturated carbocycles. The van der Waals surface area contributed by atoms with E-state index in [0.29, 0.717) is 6.61 Å². The maximum atomic E-state index is 6.27. The predicted octanol–water partition coefficient (Wildman–Crippen LogP) is 1.45. The molecule has 1 aromatic carbocycles. The van der Waals surface area contributed by atoms with E-state index in [1.165, 1.54) is 0 Å². The minimum atomic E-state index is -0.136. The second-order valence-electron chi connectivity index (χ2n) is 4.05. The van der Waals surface area contributed by atoms with Crippen LogP contribution in [0.5, 0.6) is 5.75 Å². The molecule has 1 saturated heterocycles. The lowest BCUT2D eigenvalue weighted by molar-refractivity contribution is 0.0682. The van der Waals surface area contributed by atoms with Gasteiger partial charge in [0, 0.05) is 22.6 Å². The molecule has 2 atom stereocenters. The van der Waals surface area contributed by atoms with Gasteiger partial charge in [-0.25, -0.2) is 0 Å². The molecule has 3 N–H and O–H groups in total. The van der Waals surface area contributed by atoms with Crippen molar-refractivity contribution in [2.75, 3.05) is 26.9 Å². The highest BCUT2D eigenvalue weighted by molar-refractivity contribution is 9.10. The normalized spacial score (nSPS) is 22.2. The average Bonchev–Trinajstić information content (AvgIpc) is 2.39. The van der Waals surface area contributed by atoms with Crippen molar-refractivity contribution in [2.45, 2.75) is 12.1 Å². The quantitative estimate of drug-likeness (QED) is 0.887. The summed E-state index contributed by atoms with van der Waals surface area (Å²) in [7, 11) is 1.66. The molecule has 0 radical (unpaired) electrons. The van der Waals surface area contributed by atoms with E-state index in [1.54, 1.807) is 7.11 Å². The van der Waals surface area contributed by atoms with E-state index in [9.17, 15) is 0 Å². The fourth-order valence-electron chi connectivity index (χ4n) is 2.00. The van der Waals surface area contributed by atoms with Gasteiger partial charge in [0.1, 0.15) is 5.75 Å². The second kappa shape index (κ2) is 5.82. The number of hydrogen-bond donors (Lipinski definition) is 2. The third-order valence-electron chi connectivity index (χ3n) is 2.93. The Morgan fingerprint density at radius 3 is 3.06 bits per heavy atom. The zero-order valence-electron chi connectivity index (χ0n) is 9.78. The third-order valence-corrected chi connectivity index (χ3v) is 3.43. The molecule has 0 aromatic heterocycles. The summed E-state index contributed by atoms with van der Waals surface area (Å²) in [5, 5.41) is 3.37. The van der Waals surface area contributed by atoms with Crippen LogP contribution in [0.25, 0.3) is 0 Å². The summed E-state index contributed by atoms with van der Waals surface area (Å²) >= 11 is 3.46. The first-order chi connectivity index (χ1) is 8.22. The Kier molecular flexibility index (Phi) is 4.39. The molecule has 4 nitrogen and oxygen atoms in total. The highest BCUT2D eigenvalue weighted by Gasteiger charge is 2.24. The van der Waals surface area contributed by atoms with Crippen LogP contribution in [0.2, 0.25) is 0 Å². The lowest BCUT2D eigenvalue weighted by Gasteiger charge is -2.30. The first kappa shape index (κ1) is 12.8. The van der Waals surface area contributed by atoms with Crippen LogP contribution >= 0.6 is 15.9 Å². The van der Waals surface area contributed by atoms with Crippen LogP contribution in [0.4, 0.5) is 0 Å². The van der Waals surface area contributed by atoms with E-state index in [4.69, 9.17) is 15.2 Å². The molecule has 94 valence electrons. The zero-order chi connectivity index (χ0) is 12.3. The number of rotatable bonds is 3. The van der Waals surface area contributed by atoms with E-state index in [-0.39, 0.29) is 12.1 Å². The first-order valence-electron chi connectivity index (χ1n) is 5.62. The van der Waals surface area contributed by atoms with Gasteiger partial charge >= 0.3 is 0 Å². The Morgan fingerprint density at radius 2 is 2.41 bits per heavy atom. The third kappa shape index (κ3) is 2.98. The van der Waals surface area contributed by atoms with Crippen LogP contribution in [0, 0.1) is 0 Å². The van der Waals surface area contributed by atoms with Crippen LogP contribution in [-0.4, -0.2) is 32.9 Å². The predicted molar refractivity (Wildman–Crippen MR) is 70.2 cm³/mol. The monoisotopic (exact) mass is 300 g/mol. The second-order valence-corrected chi connectivity index (χ2v) is 4.96. The van der Waals surface area contributed by atoms with Crippen LogP contribution in [0.3, 0.4) is 0 Å². The van der Waals surface area contributed by atoms with Gasteiger partial charge in [-0.15, -0.1) is 0 Å². The number of nitrogens with two attached hydrogens (primary N) is 1. The summed E-state index contributed by atoms with van der Waals surface area (Å²) in [4.78, 5) is 0. The molecular formula is C12H17BrN2O2. The summed E-state index contributed by atoms with van der Waals surface area (Å²) in [5.74, 6) is 0.813. The van der Waals surface area contributed by atoms with Gasteiger partial charge in [-0.2, -0.15) is 0 Å². The van der Waals surface area contributed by atoms with Crippen molar-refractivity contribution in [1.29, 1.82) is 0 Å². The van der Waals surface area contributed by atoms with Crippen molar-refractivity contribution in [2.24, 2.45) is 5.73 Å². The molecule has 0 amide bonds. The van der Waals surface area contributed by atoms with E-state index in [0.717, 1.165) is 28.9 Å². The van der Waals surface area contributed by atoms with Crippen LogP contribution < -0.4 is 15.8 Å². The highest BCUT2D eigenvalue weighted by atomic mass is 79.9. The number of benzene rings is 1. The van der Waals surface area contributed by atoms with E-state index in [2.05, 4.69) is 21.2 Å². The van der Waals surface area contributed by atoms with Crippen molar-refractivity contribution in [3.8, 4) is 5.75 Å². The molecule has 1 aliphatic heterocycles. The molecule has 17 heavy (non-hydrogen) atoms. The topological polar surface area (TPSA) is 56.5 Å². The molecule has 1 heterocycles. The minimum absolute atomic E-state index is 0.131. The van der Waals surface area contributed by atoms with Crippen LogP contribution in [0.15, 0.2) is 22.7 Å². The lowest BCUT2D eigenvalue weighted by Crippen LogP contribution is -2.47. The van der Waals surface area contributed by atoms with Gasteiger partial charge in [-0.1, -0.05) is 15.9 Å². The van der Waals surface area contributed by atoms with Crippen LogP contribution in [-0.2, 0) is 4.74 Å². The number of halogens is 1. The number of methoxy groups -OCH3 is 1. The summed E-state index contributed by atoms with van der Waals surface area (Å²) in [6.45, 7) is 2.23. The molecule has 1 aromatic rings. The van der Waals surface area contributed by atoms with Gasteiger partial charge < -0.3 is 20.5 Å². The number of ether oxygens (including phenoxy) is 2. The van der Waals surface area contributed by atoms with Crippen molar-refractivity contribution in [1.82, 2.24) is 5.32 Å². The molecule has 2 unspecified atom stereocenters. The molecule has 0 aliphatic carbocycles. The number of nitrogens with one attached hydrogen (secondary N) is 1. The van der Waals surface area contributed by atoms with Gasteiger partial charge in [0.05, 0.1) is 26.4 Å². The fourth-order valence-corrected chi connectivity index (χ4v) is 2.38. The van der Waals surface area contributed by atoms with E-state index in [1.807, 2.05) is 18.2 Å². The Bertz CT molecular complexity index is 381. The minimum Gasteiger partial charge on any atom is -0.496 e. The largest absolute Gasteiger partial charge is 0.496 e.